The van der Waals surface area contributed by atoms with E-state index >= 15 is 0 Å². The summed E-state index contributed by atoms with van der Waals surface area (Å²) in [6.45, 7) is 4.98. The molecule has 118 valence electrons. The van der Waals surface area contributed by atoms with Crippen LogP contribution in [0.3, 0.4) is 0 Å². The first kappa shape index (κ1) is 22.2. The molecule has 0 saturated heterocycles. The Balaban J connectivity index is 0. The molecule has 0 atom stereocenters. The average molecular weight is 401 g/mol. The number of rotatable bonds is 13. The monoisotopic (exact) mass is 399 g/mol. The van der Waals surface area contributed by atoms with Crippen molar-refractivity contribution in [1.82, 2.24) is 0 Å². The Hall–Kier alpha value is 0.920. The van der Waals surface area contributed by atoms with Gasteiger partial charge in [-0.25, -0.2) is 0 Å². The second-order valence-electron chi connectivity index (χ2n) is 6.25. The molecule has 0 bridgehead atoms. The van der Waals surface area contributed by atoms with Crippen LogP contribution in [-0.2, 0) is 0 Å². The minimum atomic E-state index is 0. The molecular formula is C16H35Br2N. The van der Waals surface area contributed by atoms with Crippen LogP contribution in [0.25, 0.3) is 0 Å². The molecule has 0 N–H and O–H groups in total. The van der Waals surface area contributed by atoms with Crippen molar-refractivity contribution in [3.63, 3.8) is 0 Å². The zero-order valence-corrected chi connectivity index (χ0v) is 16.6. The van der Waals surface area contributed by atoms with Gasteiger partial charge in [-0.1, -0.05) is 61.4 Å². The Labute approximate surface area is 141 Å². The maximum Gasteiger partial charge on any atom is 0.0782 e. The molecule has 0 aromatic carbocycles. The van der Waals surface area contributed by atoms with Crippen LogP contribution in [0.4, 0.5) is 0 Å². The first-order chi connectivity index (χ1) is 8.62. The van der Waals surface area contributed by atoms with E-state index in [2.05, 4.69) is 36.9 Å². The molecule has 0 unspecified atom stereocenters. The van der Waals surface area contributed by atoms with Gasteiger partial charge in [0.25, 0.3) is 0 Å². The molecule has 0 aromatic heterocycles. The minimum Gasteiger partial charge on any atom is -1.00 e. The predicted molar refractivity (Wildman–Crippen MR) is 87.5 cm³/mol. The number of hydrogen-bond acceptors (Lipinski definition) is 0. The number of unbranched alkanes of at least 4 members (excludes halogenated alkanes) is 8. The third-order valence-electron chi connectivity index (χ3n) is 3.76. The SMILES string of the molecule is CCCCCCCCCC[N+](C)(C)CCCCBr.[Br-]. The van der Waals surface area contributed by atoms with Crippen LogP contribution in [0.2, 0.25) is 0 Å². The quantitative estimate of drug-likeness (QED) is 0.253. The Kier molecular flexibility index (Phi) is 17.9. The number of alkyl halides is 1. The zero-order chi connectivity index (χ0) is 13.7. The van der Waals surface area contributed by atoms with E-state index in [0.717, 1.165) is 5.33 Å². The maximum absolute atomic E-state index is 3.51. The Morgan fingerprint density at radius 3 is 1.58 bits per heavy atom. The van der Waals surface area contributed by atoms with Gasteiger partial charge >= 0.3 is 0 Å². The highest BCUT2D eigenvalue weighted by atomic mass is 79.9. The van der Waals surface area contributed by atoms with E-state index < -0.39 is 0 Å². The third-order valence-corrected chi connectivity index (χ3v) is 4.32. The lowest BCUT2D eigenvalue weighted by atomic mass is 10.1. The molecule has 0 aliphatic heterocycles. The van der Waals surface area contributed by atoms with E-state index in [1.165, 1.54) is 81.8 Å². The third kappa shape index (κ3) is 16.9. The van der Waals surface area contributed by atoms with E-state index in [9.17, 15) is 0 Å². The van der Waals surface area contributed by atoms with E-state index in [1.54, 1.807) is 0 Å². The highest BCUT2D eigenvalue weighted by molar-refractivity contribution is 9.09. The van der Waals surface area contributed by atoms with Crippen molar-refractivity contribution in [2.24, 2.45) is 0 Å². The molecule has 0 spiro atoms. The second-order valence-corrected chi connectivity index (χ2v) is 7.05. The van der Waals surface area contributed by atoms with Crippen molar-refractivity contribution >= 4 is 15.9 Å². The van der Waals surface area contributed by atoms with Crippen LogP contribution in [0, 0.1) is 0 Å². The lowest BCUT2D eigenvalue weighted by molar-refractivity contribution is -0.890. The van der Waals surface area contributed by atoms with Gasteiger partial charge in [-0.3, -0.25) is 0 Å². The van der Waals surface area contributed by atoms with Gasteiger partial charge in [0.05, 0.1) is 27.2 Å². The Bertz CT molecular complexity index is 172. The summed E-state index contributed by atoms with van der Waals surface area (Å²) >= 11 is 3.51. The highest BCUT2D eigenvalue weighted by Crippen LogP contribution is 2.11. The molecule has 0 amide bonds. The average Bonchev–Trinajstić information content (AvgIpc) is 2.33. The van der Waals surface area contributed by atoms with Crippen molar-refractivity contribution in [1.29, 1.82) is 0 Å². The number of hydrogen-bond donors (Lipinski definition) is 0. The Morgan fingerprint density at radius 1 is 0.684 bits per heavy atom. The molecule has 1 nitrogen and oxygen atoms in total. The largest absolute Gasteiger partial charge is 1.00 e. The van der Waals surface area contributed by atoms with Crippen molar-refractivity contribution < 1.29 is 21.5 Å². The van der Waals surface area contributed by atoms with Crippen molar-refractivity contribution in [3.8, 4) is 0 Å². The van der Waals surface area contributed by atoms with Crippen LogP contribution in [-0.4, -0.2) is 37.0 Å². The normalized spacial score (nSPS) is 11.4. The number of halogens is 2. The Morgan fingerprint density at radius 2 is 1.11 bits per heavy atom. The number of quaternary nitrogens is 1. The van der Waals surface area contributed by atoms with Crippen LogP contribution < -0.4 is 17.0 Å². The van der Waals surface area contributed by atoms with E-state index in [4.69, 9.17) is 0 Å². The summed E-state index contributed by atoms with van der Waals surface area (Å²) in [5.74, 6) is 0. The van der Waals surface area contributed by atoms with Crippen LogP contribution >= 0.6 is 15.9 Å². The van der Waals surface area contributed by atoms with E-state index in [0.29, 0.717) is 0 Å². The van der Waals surface area contributed by atoms with Crippen LogP contribution in [0.1, 0.15) is 71.1 Å². The first-order valence-corrected chi connectivity index (χ1v) is 9.12. The van der Waals surface area contributed by atoms with E-state index in [-0.39, 0.29) is 17.0 Å². The van der Waals surface area contributed by atoms with Gasteiger partial charge in [-0.05, 0) is 25.7 Å². The molecule has 0 saturated carbocycles. The van der Waals surface area contributed by atoms with E-state index in [1.807, 2.05) is 0 Å². The molecule has 19 heavy (non-hydrogen) atoms. The smallest absolute Gasteiger partial charge is 0.0782 e. The number of nitrogens with zero attached hydrogens (tertiary/aromatic N) is 1. The van der Waals surface area contributed by atoms with Crippen molar-refractivity contribution in [2.45, 2.75) is 71.1 Å². The van der Waals surface area contributed by atoms with Gasteiger partial charge in [0, 0.05) is 5.33 Å². The minimum absolute atomic E-state index is 0. The molecule has 0 aliphatic carbocycles. The lowest BCUT2D eigenvalue weighted by Crippen LogP contribution is -3.00. The molecule has 0 rings (SSSR count). The second kappa shape index (κ2) is 15.3. The molecular weight excluding hydrogens is 366 g/mol. The van der Waals surface area contributed by atoms with Gasteiger partial charge in [-0.2, -0.15) is 0 Å². The molecule has 0 aliphatic rings. The van der Waals surface area contributed by atoms with Crippen LogP contribution in [0.5, 0.6) is 0 Å². The summed E-state index contributed by atoms with van der Waals surface area (Å²) < 4.78 is 1.21. The summed E-state index contributed by atoms with van der Waals surface area (Å²) in [7, 11) is 4.77. The van der Waals surface area contributed by atoms with Gasteiger partial charge < -0.3 is 21.5 Å². The maximum atomic E-state index is 3.51. The van der Waals surface area contributed by atoms with Crippen molar-refractivity contribution in [3.05, 3.63) is 0 Å². The molecule has 0 radical (unpaired) electrons. The molecule has 0 aromatic rings. The lowest BCUT2D eigenvalue weighted by Gasteiger charge is -2.29. The van der Waals surface area contributed by atoms with Crippen molar-refractivity contribution in [2.75, 3.05) is 32.5 Å². The highest BCUT2D eigenvalue weighted by Gasteiger charge is 2.13. The first-order valence-electron chi connectivity index (χ1n) is 8.00. The summed E-state index contributed by atoms with van der Waals surface area (Å²) in [5.41, 5.74) is 0. The fourth-order valence-electron chi connectivity index (χ4n) is 2.42. The molecule has 3 heteroatoms. The summed E-state index contributed by atoms with van der Waals surface area (Å²) in [6.07, 6.45) is 14.1. The fraction of sp³-hybridized carbons (Fsp3) is 1.00. The van der Waals surface area contributed by atoms with Gasteiger partial charge in [0.1, 0.15) is 0 Å². The van der Waals surface area contributed by atoms with Gasteiger partial charge in [0.2, 0.25) is 0 Å². The van der Waals surface area contributed by atoms with Gasteiger partial charge in [0.15, 0.2) is 0 Å². The van der Waals surface area contributed by atoms with Gasteiger partial charge in [-0.15, -0.1) is 0 Å². The molecule has 0 fully saturated rings. The van der Waals surface area contributed by atoms with Crippen LogP contribution in [0.15, 0.2) is 0 Å². The fourth-order valence-corrected chi connectivity index (χ4v) is 2.82. The summed E-state index contributed by atoms with van der Waals surface area (Å²) in [6, 6.07) is 0. The molecule has 0 heterocycles. The predicted octanol–water partition coefficient (Wildman–Crippen LogP) is 2.38. The summed E-state index contributed by atoms with van der Waals surface area (Å²) in [4.78, 5) is 0. The zero-order valence-electron chi connectivity index (χ0n) is 13.4. The topological polar surface area (TPSA) is 0 Å². The summed E-state index contributed by atoms with van der Waals surface area (Å²) in [5, 5.41) is 1.16. The standard InChI is InChI=1S/C16H35BrN.BrH/c1-4-5-6-7-8-9-10-12-15-18(2,3)16-13-11-14-17;/h4-16H2,1-3H3;1H/q+1;/p-1.